The zero-order chi connectivity index (χ0) is 10.6. The summed E-state index contributed by atoms with van der Waals surface area (Å²) in [5, 5.41) is 0. The number of hydrogen-bond donors (Lipinski definition) is 0. The van der Waals surface area contributed by atoms with Crippen LogP contribution in [0.25, 0.3) is 0 Å². The third kappa shape index (κ3) is 2.93. The smallest absolute Gasteiger partial charge is 0.0238 e. The molecule has 0 saturated carbocycles. The van der Waals surface area contributed by atoms with Crippen molar-refractivity contribution in [3.05, 3.63) is 0 Å². The van der Waals surface area contributed by atoms with E-state index in [1.165, 1.54) is 0 Å². The first kappa shape index (κ1) is 12.9. The summed E-state index contributed by atoms with van der Waals surface area (Å²) in [5.74, 6) is 3.13. The molecule has 2 unspecified atom stereocenters. The van der Waals surface area contributed by atoms with E-state index in [0.717, 1.165) is 0 Å². The third-order valence-corrected chi connectivity index (χ3v) is 4.17. The highest BCUT2D eigenvalue weighted by Crippen LogP contribution is 2.34. The molecule has 2 heteroatoms. The summed E-state index contributed by atoms with van der Waals surface area (Å²) in [6.07, 6.45) is 7.55. The maximum atomic E-state index is 5.46. The third-order valence-electron chi connectivity index (χ3n) is 3.28. The van der Waals surface area contributed by atoms with Crippen LogP contribution in [0.15, 0.2) is 0 Å². The van der Waals surface area contributed by atoms with Crippen molar-refractivity contribution in [1.82, 2.24) is 4.31 Å². The molecule has 0 aromatic rings. The van der Waals surface area contributed by atoms with E-state index in [1.807, 2.05) is 0 Å². The molecule has 0 aliphatic carbocycles. The van der Waals surface area contributed by atoms with E-state index in [4.69, 9.17) is 6.42 Å². The fourth-order valence-corrected chi connectivity index (χ4v) is 1.79. The first-order valence-electron chi connectivity index (χ1n) is 4.61. The quantitative estimate of drug-likeness (QED) is 0.506. The van der Waals surface area contributed by atoms with E-state index in [9.17, 15) is 0 Å². The maximum Gasteiger partial charge on any atom is 0.0238 e. The molecule has 13 heavy (non-hydrogen) atoms. The maximum absolute atomic E-state index is 5.46. The Balaban J connectivity index is 4.54. The molecule has 0 saturated heterocycles. The lowest BCUT2D eigenvalue weighted by Crippen LogP contribution is -2.41. The van der Waals surface area contributed by atoms with E-state index in [2.05, 4.69) is 51.2 Å². The molecular formula is C11H21NS. The average Bonchev–Trinajstić information content (AvgIpc) is 2.13. The normalized spacial score (nSPS) is 16.8. The van der Waals surface area contributed by atoms with Crippen LogP contribution in [-0.2, 0) is 0 Å². The SMILES string of the molecule is C#CC(C)C(C)(C)C(C)N(C)SC. The molecule has 1 nitrogen and oxygen atoms in total. The summed E-state index contributed by atoms with van der Waals surface area (Å²) in [5.41, 5.74) is 0.159. The van der Waals surface area contributed by atoms with Gasteiger partial charge in [-0.15, -0.1) is 12.3 Å². The van der Waals surface area contributed by atoms with Gasteiger partial charge in [-0.1, -0.05) is 32.7 Å². The Morgan fingerprint density at radius 2 is 1.85 bits per heavy atom. The monoisotopic (exact) mass is 199 g/mol. The summed E-state index contributed by atoms with van der Waals surface area (Å²) in [7, 11) is 2.11. The number of terminal acetylenes is 1. The predicted octanol–water partition coefficient (Wildman–Crippen LogP) is 2.88. The molecule has 0 heterocycles. The minimum Gasteiger partial charge on any atom is -0.251 e. The van der Waals surface area contributed by atoms with Gasteiger partial charge in [0.1, 0.15) is 0 Å². The van der Waals surface area contributed by atoms with E-state index in [-0.39, 0.29) is 5.41 Å². The van der Waals surface area contributed by atoms with Gasteiger partial charge in [-0.25, -0.2) is 0 Å². The highest BCUT2D eigenvalue weighted by Gasteiger charge is 2.33. The van der Waals surface area contributed by atoms with Crippen LogP contribution in [-0.4, -0.2) is 23.7 Å². The fraction of sp³-hybridized carbons (Fsp3) is 0.818. The van der Waals surface area contributed by atoms with Crippen molar-refractivity contribution >= 4 is 11.9 Å². The van der Waals surface area contributed by atoms with Crippen molar-refractivity contribution in [2.75, 3.05) is 13.3 Å². The molecule has 2 atom stereocenters. The minimum atomic E-state index is 0.159. The lowest BCUT2D eigenvalue weighted by Gasteiger charge is -2.39. The molecule has 0 spiro atoms. The first-order valence-corrected chi connectivity index (χ1v) is 5.79. The van der Waals surface area contributed by atoms with Gasteiger partial charge in [0.15, 0.2) is 0 Å². The van der Waals surface area contributed by atoms with Gasteiger partial charge in [-0.3, -0.25) is 4.31 Å². The molecule has 0 rings (SSSR count). The molecule has 0 aromatic heterocycles. The second-order valence-corrected chi connectivity index (χ2v) is 5.06. The van der Waals surface area contributed by atoms with E-state index < -0.39 is 0 Å². The van der Waals surface area contributed by atoms with Crippen LogP contribution in [0.2, 0.25) is 0 Å². The van der Waals surface area contributed by atoms with E-state index in [0.29, 0.717) is 12.0 Å². The molecule has 0 aliphatic rings. The zero-order valence-corrected chi connectivity index (χ0v) is 10.4. The molecule has 0 N–H and O–H groups in total. The Labute approximate surface area is 87.4 Å². The molecule has 0 bridgehead atoms. The van der Waals surface area contributed by atoms with E-state index in [1.54, 1.807) is 11.9 Å². The van der Waals surface area contributed by atoms with Gasteiger partial charge in [0.05, 0.1) is 0 Å². The molecular weight excluding hydrogens is 178 g/mol. The molecule has 0 radical (unpaired) electrons. The summed E-state index contributed by atoms with van der Waals surface area (Å²) < 4.78 is 2.26. The van der Waals surface area contributed by atoms with E-state index >= 15 is 0 Å². The molecule has 0 aromatic carbocycles. The van der Waals surface area contributed by atoms with Crippen LogP contribution in [0.3, 0.4) is 0 Å². The molecule has 0 fully saturated rings. The minimum absolute atomic E-state index is 0.159. The van der Waals surface area contributed by atoms with Crippen molar-refractivity contribution in [3.8, 4) is 12.3 Å². The summed E-state index contributed by atoms with van der Waals surface area (Å²) >= 11 is 1.75. The Bertz CT molecular complexity index is 193. The topological polar surface area (TPSA) is 3.24 Å². The largest absolute Gasteiger partial charge is 0.251 e. The summed E-state index contributed by atoms with van der Waals surface area (Å²) in [6, 6.07) is 0.480. The van der Waals surface area contributed by atoms with Crippen LogP contribution in [0.4, 0.5) is 0 Å². The standard InChI is InChI=1S/C11H21NS/c1-8-9(2)11(4,5)10(3)12(6)13-7/h1,9-10H,2-7H3. The van der Waals surface area contributed by atoms with Gasteiger partial charge in [0.2, 0.25) is 0 Å². The van der Waals surface area contributed by atoms with Gasteiger partial charge in [-0.05, 0) is 25.6 Å². The summed E-state index contributed by atoms with van der Waals surface area (Å²) in [4.78, 5) is 0. The van der Waals surface area contributed by atoms with Crippen LogP contribution < -0.4 is 0 Å². The Kier molecular flexibility index (Phi) is 4.88. The second-order valence-electron chi connectivity index (χ2n) is 4.11. The van der Waals surface area contributed by atoms with Crippen molar-refractivity contribution in [2.45, 2.75) is 33.7 Å². The van der Waals surface area contributed by atoms with Gasteiger partial charge < -0.3 is 0 Å². The number of nitrogens with zero attached hydrogens (tertiary/aromatic N) is 1. The van der Waals surface area contributed by atoms with Gasteiger partial charge in [0, 0.05) is 12.0 Å². The number of rotatable bonds is 4. The first-order chi connectivity index (χ1) is 5.87. The van der Waals surface area contributed by atoms with Crippen molar-refractivity contribution < 1.29 is 0 Å². The summed E-state index contributed by atoms with van der Waals surface area (Å²) in [6.45, 7) is 8.80. The van der Waals surface area contributed by atoms with Crippen LogP contribution >= 0.6 is 11.9 Å². The zero-order valence-electron chi connectivity index (χ0n) is 9.59. The molecule has 76 valence electrons. The van der Waals surface area contributed by atoms with Crippen molar-refractivity contribution in [3.63, 3.8) is 0 Å². The Morgan fingerprint density at radius 3 is 2.15 bits per heavy atom. The van der Waals surface area contributed by atoms with Crippen LogP contribution in [0, 0.1) is 23.7 Å². The fourth-order valence-electron chi connectivity index (χ4n) is 1.20. The van der Waals surface area contributed by atoms with Gasteiger partial charge in [0.25, 0.3) is 0 Å². The molecule has 0 aliphatic heterocycles. The Morgan fingerprint density at radius 1 is 1.38 bits per heavy atom. The van der Waals surface area contributed by atoms with Crippen molar-refractivity contribution in [2.24, 2.45) is 11.3 Å². The molecule has 0 amide bonds. The van der Waals surface area contributed by atoms with Crippen molar-refractivity contribution in [1.29, 1.82) is 0 Å². The lowest BCUT2D eigenvalue weighted by molar-refractivity contribution is 0.161. The highest BCUT2D eigenvalue weighted by atomic mass is 32.2. The highest BCUT2D eigenvalue weighted by molar-refractivity contribution is 7.96. The van der Waals surface area contributed by atoms with Gasteiger partial charge in [-0.2, -0.15) is 0 Å². The Hall–Kier alpha value is -0.130. The number of hydrogen-bond acceptors (Lipinski definition) is 2. The lowest BCUT2D eigenvalue weighted by atomic mass is 9.75. The second kappa shape index (κ2) is 4.93. The average molecular weight is 199 g/mol. The van der Waals surface area contributed by atoms with Crippen LogP contribution in [0.1, 0.15) is 27.7 Å². The van der Waals surface area contributed by atoms with Crippen LogP contribution in [0.5, 0.6) is 0 Å². The predicted molar refractivity (Wildman–Crippen MR) is 62.5 cm³/mol. The van der Waals surface area contributed by atoms with Gasteiger partial charge >= 0.3 is 0 Å².